The third-order valence-corrected chi connectivity index (χ3v) is 2.89. The summed E-state index contributed by atoms with van der Waals surface area (Å²) in [5.74, 6) is 0. The summed E-state index contributed by atoms with van der Waals surface area (Å²) >= 11 is 0. The molecular formula is C11H21F3N2O. The van der Waals surface area contributed by atoms with Crippen molar-refractivity contribution < 1.29 is 17.9 Å². The van der Waals surface area contributed by atoms with Crippen molar-refractivity contribution in [3.63, 3.8) is 0 Å². The zero-order valence-electron chi connectivity index (χ0n) is 10.2. The molecule has 3 nitrogen and oxygen atoms in total. The second kappa shape index (κ2) is 7.18. The van der Waals surface area contributed by atoms with Gasteiger partial charge in [0.2, 0.25) is 0 Å². The Morgan fingerprint density at radius 1 is 1.29 bits per heavy atom. The van der Waals surface area contributed by atoms with Crippen LogP contribution in [0, 0.1) is 0 Å². The number of alkyl halides is 3. The van der Waals surface area contributed by atoms with Crippen molar-refractivity contribution in [3.05, 3.63) is 0 Å². The number of rotatable bonds is 7. The van der Waals surface area contributed by atoms with Crippen LogP contribution in [0.2, 0.25) is 0 Å². The van der Waals surface area contributed by atoms with Crippen molar-refractivity contribution >= 4 is 0 Å². The molecule has 0 radical (unpaired) electrons. The molecular weight excluding hydrogens is 233 g/mol. The fourth-order valence-electron chi connectivity index (χ4n) is 1.95. The first kappa shape index (κ1) is 14.7. The van der Waals surface area contributed by atoms with Crippen molar-refractivity contribution in [2.75, 3.05) is 39.4 Å². The van der Waals surface area contributed by atoms with Crippen LogP contribution in [0.15, 0.2) is 0 Å². The third-order valence-electron chi connectivity index (χ3n) is 2.89. The lowest BCUT2D eigenvalue weighted by Crippen LogP contribution is -2.39. The van der Waals surface area contributed by atoms with E-state index in [0.717, 1.165) is 19.6 Å². The molecule has 0 saturated carbocycles. The lowest BCUT2D eigenvalue weighted by Gasteiger charge is -2.23. The molecule has 0 aromatic carbocycles. The van der Waals surface area contributed by atoms with Gasteiger partial charge in [-0.1, -0.05) is 0 Å². The van der Waals surface area contributed by atoms with Gasteiger partial charge in [-0.25, -0.2) is 0 Å². The molecule has 1 saturated heterocycles. The molecule has 0 amide bonds. The zero-order chi connectivity index (χ0) is 12.7. The molecule has 0 aliphatic carbocycles. The molecule has 17 heavy (non-hydrogen) atoms. The van der Waals surface area contributed by atoms with Crippen LogP contribution in [0.5, 0.6) is 0 Å². The maximum absolute atomic E-state index is 11.7. The first-order valence-electron chi connectivity index (χ1n) is 6.08. The van der Waals surface area contributed by atoms with E-state index in [1.54, 1.807) is 0 Å². The van der Waals surface area contributed by atoms with E-state index in [1.165, 1.54) is 12.8 Å². The van der Waals surface area contributed by atoms with Crippen LogP contribution < -0.4 is 5.32 Å². The molecule has 1 aliphatic rings. The minimum Gasteiger partial charge on any atom is -0.371 e. The highest BCUT2D eigenvalue weighted by molar-refractivity contribution is 4.74. The molecule has 0 bridgehead atoms. The number of likely N-dealkylation sites (tertiary alicyclic amines) is 1. The van der Waals surface area contributed by atoms with Crippen LogP contribution in [0.1, 0.15) is 19.8 Å². The lowest BCUT2D eigenvalue weighted by molar-refractivity contribution is -0.173. The van der Waals surface area contributed by atoms with Crippen LogP contribution >= 0.6 is 0 Å². The Kier molecular flexibility index (Phi) is 6.22. The van der Waals surface area contributed by atoms with Crippen molar-refractivity contribution in [1.29, 1.82) is 0 Å². The summed E-state index contributed by atoms with van der Waals surface area (Å²) in [4.78, 5) is 2.39. The van der Waals surface area contributed by atoms with Gasteiger partial charge >= 0.3 is 6.18 Å². The summed E-state index contributed by atoms with van der Waals surface area (Å²) in [6, 6.07) is 0.445. The van der Waals surface area contributed by atoms with Crippen molar-refractivity contribution in [2.45, 2.75) is 32.0 Å². The first-order valence-corrected chi connectivity index (χ1v) is 6.08. The largest absolute Gasteiger partial charge is 0.411 e. The maximum Gasteiger partial charge on any atom is 0.411 e. The Bertz CT molecular complexity index is 205. The Balaban J connectivity index is 1.93. The van der Waals surface area contributed by atoms with Crippen LogP contribution in [0.4, 0.5) is 13.2 Å². The molecule has 0 spiro atoms. The quantitative estimate of drug-likeness (QED) is 0.699. The topological polar surface area (TPSA) is 24.5 Å². The average molecular weight is 254 g/mol. The minimum absolute atomic E-state index is 0.103. The predicted molar refractivity (Wildman–Crippen MR) is 60.0 cm³/mol. The Hall–Kier alpha value is -0.330. The van der Waals surface area contributed by atoms with Gasteiger partial charge in [0, 0.05) is 19.1 Å². The van der Waals surface area contributed by atoms with E-state index in [-0.39, 0.29) is 6.61 Å². The van der Waals surface area contributed by atoms with Crippen LogP contribution in [-0.4, -0.2) is 56.5 Å². The normalized spacial score (nSPS) is 19.8. The summed E-state index contributed by atoms with van der Waals surface area (Å²) in [5, 5.41) is 3.11. The van der Waals surface area contributed by atoms with E-state index in [9.17, 15) is 13.2 Å². The molecule has 1 heterocycles. The first-order chi connectivity index (χ1) is 7.99. The second-order valence-electron chi connectivity index (χ2n) is 4.46. The van der Waals surface area contributed by atoms with Gasteiger partial charge in [-0.2, -0.15) is 13.2 Å². The van der Waals surface area contributed by atoms with Gasteiger partial charge in [0.1, 0.15) is 6.61 Å². The van der Waals surface area contributed by atoms with Crippen molar-refractivity contribution in [1.82, 2.24) is 10.2 Å². The Labute approximate surface area is 100 Å². The molecule has 1 unspecified atom stereocenters. The lowest BCUT2D eigenvalue weighted by atomic mass is 10.3. The number of nitrogens with one attached hydrogen (secondary N) is 1. The van der Waals surface area contributed by atoms with Crippen LogP contribution in [0.25, 0.3) is 0 Å². The highest BCUT2D eigenvalue weighted by Gasteiger charge is 2.27. The smallest absolute Gasteiger partial charge is 0.371 e. The highest BCUT2D eigenvalue weighted by atomic mass is 19.4. The molecule has 1 rings (SSSR count). The van der Waals surface area contributed by atoms with Gasteiger partial charge < -0.3 is 10.1 Å². The minimum atomic E-state index is -4.22. The van der Waals surface area contributed by atoms with Crippen LogP contribution in [-0.2, 0) is 4.74 Å². The number of nitrogens with zero attached hydrogens (tertiary/aromatic N) is 1. The summed E-state index contributed by atoms with van der Waals surface area (Å²) in [6.45, 7) is 4.61. The molecule has 6 heteroatoms. The van der Waals surface area contributed by atoms with Gasteiger partial charge in [0.15, 0.2) is 0 Å². The molecule has 1 aliphatic heterocycles. The van der Waals surface area contributed by atoms with Gasteiger partial charge in [0.25, 0.3) is 0 Å². The van der Waals surface area contributed by atoms with Crippen molar-refractivity contribution in [3.8, 4) is 0 Å². The summed E-state index contributed by atoms with van der Waals surface area (Å²) in [5.41, 5.74) is 0. The van der Waals surface area contributed by atoms with Gasteiger partial charge in [-0.05, 0) is 32.9 Å². The fraction of sp³-hybridized carbons (Fsp3) is 1.00. The van der Waals surface area contributed by atoms with Gasteiger partial charge in [0.05, 0.1) is 6.61 Å². The number of hydrogen-bond donors (Lipinski definition) is 1. The van der Waals surface area contributed by atoms with E-state index in [4.69, 9.17) is 0 Å². The summed E-state index contributed by atoms with van der Waals surface area (Å²) in [6.07, 6.45) is -1.72. The van der Waals surface area contributed by atoms with Gasteiger partial charge in [-0.15, -0.1) is 0 Å². The van der Waals surface area contributed by atoms with E-state index >= 15 is 0 Å². The fourth-order valence-corrected chi connectivity index (χ4v) is 1.95. The highest BCUT2D eigenvalue weighted by Crippen LogP contribution is 2.14. The molecule has 1 atom stereocenters. The predicted octanol–water partition coefficient (Wildman–Crippen LogP) is 1.64. The number of hydrogen-bond acceptors (Lipinski definition) is 3. The van der Waals surface area contributed by atoms with E-state index < -0.39 is 12.8 Å². The Morgan fingerprint density at radius 2 is 1.94 bits per heavy atom. The second-order valence-corrected chi connectivity index (χ2v) is 4.46. The number of halogens is 3. The maximum atomic E-state index is 11.7. The monoisotopic (exact) mass is 254 g/mol. The third kappa shape index (κ3) is 6.85. The van der Waals surface area contributed by atoms with E-state index in [0.29, 0.717) is 12.6 Å². The van der Waals surface area contributed by atoms with Gasteiger partial charge in [-0.3, -0.25) is 4.90 Å². The zero-order valence-corrected chi connectivity index (χ0v) is 10.2. The molecule has 0 aromatic heterocycles. The van der Waals surface area contributed by atoms with E-state index in [1.807, 2.05) is 0 Å². The summed E-state index contributed by atoms with van der Waals surface area (Å²) < 4.78 is 39.7. The molecule has 102 valence electrons. The number of ether oxygens (including phenoxy) is 1. The molecule has 1 fully saturated rings. The van der Waals surface area contributed by atoms with Crippen LogP contribution in [0.3, 0.4) is 0 Å². The SMILES string of the molecule is CC(CNCCOCC(F)(F)F)N1CCCC1. The Morgan fingerprint density at radius 3 is 2.53 bits per heavy atom. The summed E-state index contributed by atoms with van der Waals surface area (Å²) in [7, 11) is 0. The van der Waals surface area contributed by atoms with Crippen molar-refractivity contribution in [2.24, 2.45) is 0 Å². The standard InChI is InChI=1S/C11H21F3N2O/c1-10(16-5-2-3-6-16)8-15-4-7-17-9-11(12,13)14/h10,15H,2-9H2,1H3. The van der Waals surface area contributed by atoms with E-state index in [2.05, 4.69) is 21.9 Å². The molecule has 0 aromatic rings. The average Bonchev–Trinajstić information content (AvgIpc) is 2.74. The molecule has 1 N–H and O–H groups in total.